The predicted octanol–water partition coefficient (Wildman–Crippen LogP) is 2.99. The van der Waals surface area contributed by atoms with Crippen LogP contribution in [0.4, 0.5) is 0 Å². The summed E-state index contributed by atoms with van der Waals surface area (Å²) in [6.45, 7) is 6.82. The maximum absolute atomic E-state index is 6.33. The largest absolute Gasteiger partial charge is 0.326 e. The van der Waals surface area contributed by atoms with E-state index in [1.807, 2.05) is 0 Å². The van der Waals surface area contributed by atoms with Crippen LogP contribution in [-0.2, 0) is 0 Å². The first-order valence-corrected chi connectivity index (χ1v) is 7.79. The minimum atomic E-state index is 0.391. The van der Waals surface area contributed by atoms with Crippen LogP contribution in [0.2, 0.25) is 0 Å². The van der Waals surface area contributed by atoms with E-state index in [0.717, 1.165) is 5.25 Å². The Kier molecular flexibility index (Phi) is 5.72. The standard InChI is InChI=1S/C11H23NS2/c1-4-8(3)10(12)11-9(5-2)13-6-7-14-11/h8-11H,4-7,12H2,1-3H3. The molecule has 0 saturated carbocycles. The third-order valence-electron chi connectivity index (χ3n) is 3.17. The Morgan fingerprint density at radius 3 is 2.50 bits per heavy atom. The SMILES string of the molecule is CCC(C)C(N)C1SCCSC1CC. The zero-order chi connectivity index (χ0) is 10.6. The predicted molar refractivity (Wildman–Crippen MR) is 70.2 cm³/mol. The van der Waals surface area contributed by atoms with Crippen molar-refractivity contribution in [3.05, 3.63) is 0 Å². The maximum atomic E-state index is 6.33. The fraction of sp³-hybridized carbons (Fsp3) is 1.00. The molecule has 1 nitrogen and oxygen atoms in total. The van der Waals surface area contributed by atoms with Gasteiger partial charge in [0.2, 0.25) is 0 Å². The van der Waals surface area contributed by atoms with Crippen molar-refractivity contribution in [1.82, 2.24) is 0 Å². The highest BCUT2D eigenvalue weighted by Gasteiger charge is 2.31. The van der Waals surface area contributed by atoms with Gasteiger partial charge < -0.3 is 5.73 Å². The molecule has 4 atom stereocenters. The molecular weight excluding hydrogens is 210 g/mol. The molecule has 0 aromatic heterocycles. The van der Waals surface area contributed by atoms with E-state index in [9.17, 15) is 0 Å². The van der Waals surface area contributed by atoms with Gasteiger partial charge in [0.25, 0.3) is 0 Å². The van der Waals surface area contributed by atoms with E-state index in [0.29, 0.717) is 17.2 Å². The Labute approximate surface area is 97.0 Å². The topological polar surface area (TPSA) is 26.0 Å². The van der Waals surface area contributed by atoms with Crippen molar-refractivity contribution in [3.8, 4) is 0 Å². The number of nitrogens with two attached hydrogens (primary N) is 1. The third kappa shape index (κ3) is 3.07. The van der Waals surface area contributed by atoms with E-state index in [1.54, 1.807) is 0 Å². The van der Waals surface area contributed by atoms with Crippen LogP contribution >= 0.6 is 23.5 Å². The van der Waals surface area contributed by atoms with Crippen LogP contribution in [0.15, 0.2) is 0 Å². The zero-order valence-electron chi connectivity index (χ0n) is 9.53. The van der Waals surface area contributed by atoms with Gasteiger partial charge in [0.15, 0.2) is 0 Å². The van der Waals surface area contributed by atoms with Crippen LogP contribution in [0, 0.1) is 5.92 Å². The summed E-state index contributed by atoms with van der Waals surface area (Å²) in [4.78, 5) is 0. The smallest absolute Gasteiger partial charge is 0.0320 e. The van der Waals surface area contributed by atoms with Crippen molar-refractivity contribution >= 4 is 23.5 Å². The lowest BCUT2D eigenvalue weighted by atomic mass is 9.95. The average molecular weight is 233 g/mol. The Balaban J connectivity index is 2.53. The van der Waals surface area contributed by atoms with Crippen molar-refractivity contribution < 1.29 is 0 Å². The van der Waals surface area contributed by atoms with E-state index in [1.165, 1.54) is 24.3 Å². The first-order valence-electron chi connectivity index (χ1n) is 5.69. The number of thioether (sulfide) groups is 2. The average Bonchev–Trinajstić information content (AvgIpc) is 2.26. The molecule has 1 fully saturated rings. The molecule has 84 valence electrons. The van der Waals surface area contributed by atoms with Gasteiger partial charge in [-0.3, -0.25) is 0 Å². The lowest BCUT2D eigenvalue weighted by molar-refractivity contribution is 0.422. The van der Waals surface area contributed by atoms with Gasteiger partial charge in [0.1, 0.15) is 0 Å². The van der Waals surface area contributed by atoms with Crippen molar-refractivity contribution in [1.29, 1.82) is 0 Å². The van der Waals surface area contributed by atoms with E-state index in [-0.39, 0.29) is 0 Å². The summed E-state index contributed by atoms with van der Waals surface area (Å²) in [5, 5.41) is 1.48. The van der Waals surface area contributed by atoms with E-state index in [2.05, 4.69) is 44.3 Å². The van der Waals surface area contributed by atoms with Gasteiger partial charge in [-0.15, -0.1) is 0 Å². The summed E-state index contributed by atoms with van der Waals surface area (Å²) in [7, 11) is 0. The molecular formula is C11H23NS2. The van der Waals surface area contributed by atoms with Crippen LogP contribution in [0.1, 0.15) is 33.6 Å². The maximum Gasteiger partial charge on any atom is 0.0320 e. The van der Waals surface area contributed by atoms with Gasteiger partial charge in [0.05, 0.1) is 0 Å². The van der Waals surface area contributed by atoms with Gasteiger partial charge >= 0.3 is 0 Å². The highest BCUT2D eigenvalue weighted by Crippen LogP contribution is 2.36. The Morgan fingerprint density at radius 2 is 1.93 bits per heavy atom. The molecule has 4 unspecified atom stereocenters. The first-order chi connectivity index (χ1) is 6.70. The molecule has 3 heteroatoms. The fourth-order valence-corrected chi connectivity index (χ4v) is 5.21. The molecule has 0 bridgehead atoms. The first kappa shape index (κ1) is 12.7. The second-order valence-electron chi connectivity index (χ2n) is 4.12. The van der Waals surface area contributed by atoms with Gasteiger partial charge in [-0.2, -0.15) is 23.5 Å². The molecule has 1 aliphatic rings. The summed E-state index contributed by atoms with van der Waals surface area (Å²) in [5.41, 5.74) is 6.33. The molecule has 0 aliphatic carbocycles. The number of hydrogen-bond acceptors (Lipinski definition) is 3. The highest BCUT2D eigenvalue weighted by molar-refractivity contribution is 8.07. The van der Waals surface area contributed by atoms with Crippen molar-refractivity contribution in [2.45, 2.75) is 50.2 Å². The minimum absolute atomic E-state index is 0.391. The Bertz CT molecular complexity index is 163. The van der Waals surface area contributed by atoms with Crippen LogP contribution < -0.4 is 5.73 Å². The summed E-state index contributed by atoms with van der Waals surface area (Å²) in [6, 6.07) is 0.391. The molecule has 1 heterocycles. The molecule has 0 radical (unpaired) electrons. The number of hydrogen-bond donors (Lipinski definition) is 1. The van der Waals surface area contributed by atoms with Gasteiger partial charge in [0, 0.05) is 28.0 Å². The molecule has 0 aromatic carbocycles. The van der Waals surface area contributed by atoms with Gasteiger partial charge in [-0.05, 0) is 12.3 Å². The molecule has 2 N–H and O–H groups in total. The number of rotatable bonds is 4. The van der Waals surface area contributed by atoms with Crippen molar-refractivity contribution in [3.63, 3.8) is 0 Å². The van der Waals surface area contributed by atoms with Gasteiger partial charge in [-0.25, -0.2) is 0 Å². The molecule has 1 aliphatic heterocycles. The quantitative estimate of drug-likeness (QED) is 0.808. The van der Waals surface area contributed by atoms with E-state index >= 15 is 0 Å². The van der Waals surface area contributed by atoms with Crippen molar-refractivity contribution in [2.24, 2.45) is 11.7 Å². The summed E-state index contributed by atoms with van der Waals surface area (Å²) in [6.07, 6.45) is 2.48. The van der Waals surface area contributed by atoms with Crippen LogP contribution in [0.3, 0.4) is 0 Å². The fourth-order valence-electron chi connectivity index (χ4n) is 1.89. The van der Waals surface area contributed by atoms with Crippen molar-refractivity contribution in [2.75, 3.05) is 11.5 Å². The Hall–Kier alpha value is 0.660. The molecule has 14 heavy (non-hydrogen) atoms. The lowest BCUT2D eigenvalue weighted by Crippen LogP contribution is -2.45. The second-order valence-corrected chi connectivity index (χ2v) is 6.75. The van der Waals surface area contributed by atoms with Crippen LogP contribution in [0.5, 0.6) is 0 Å². The Morgan fingerprint density at radius 1 is 1.29 bits per heavy atom. The van der Waals surface area contributed by atoms with Crippen LogP contribution in [0.25, 0.3) is 0 Å². The zero-order valence-corrected chi connectivity index (χ0v) is 11.2. The van der Waals surface area contributed by atoms with E-state index in [4.69, 9.17) is 5.73 Å². The second kappa shape index (κ2) is 6.29. The monoisotopic (exact) mass is 233 g/mol. The van der Waals surface area contributed by atoms with Gasteiger partial charge in [-0.1, -0.05) is 27.2 Å². The summed E-state index contributed by atoms with van der Waals surface area (Å²) < 4.78 is 0. The molecule has 0 aromatic rings. The summed E-state index contributed by atoms with van der Waals surface area (Å²) in [5.74, 6) is 3.27. The highest BCUT2D eigenvalue weighted by atomic mass is 32.2. The molecule has 1 rings (SSSR count). The minimum Gasteiger partial charge on any atom is -0.326 e. The summed E-state index contributed by atoms with van der Waals surface area (Å²) >= 11 is 4.23. The molecule has 0 amide bonds. The van der Waals surface area contributed by atoms with E-state index < -0.39 is 0 Å². The third-order valence-corrected chi connectivity index (χ3v) is 6.57. The molecule has 1 saturated heterocycles. The lowest BCUT2D eigenvalue weighted by Gasteiger charge is -2.36. The normalized spacial score (nSPS) is 32.6. The molecule has 0 spiro atoms. The van der Waals surface area contributed by atoms with Crippen LogP contribution in [-0.4, -0.2) is 28.0 Å².